The van der Waals surface area contributed by atoms with E-state index in [9.17, 15) is 9.90 Å². The van der Waals surface area contributed by atoms with Crippen LogP contribution in [-0.2, 0) is 4.79 Å². The Morgan fingerprint density at radius 1 is 1.00 bits per heavy atom. The van der Waals surface area contributed by atoms with Crippen molar-refractivity contribution in [2.75, 3.05) is 0 Å². The zero-order valence-electron chi connectivity index (χ0n) is 11.5. The monoisotopic (exact) mass is 262 g/mol. The van der Waals surface area contributed by atoms with E-state index in [2.05, 4.69) is 39.3 Å². The molecule has 0 aromatic carbocycles. The van der Waals surface area contributed by atoms with Gasteiger partial charge in [0, 0.05) is 16.1 Å². The second-order valence-corrected chi connectivity index (χ2v) is 18.1. The normalized spacial score (nSPS) is 17.3. The summed E-state index contributed by atoms with van der Waals surface area (Å²) in [5, 5.41) is 19.1. The first-order valence-electron chi connectivity index (χ1n) is 5.80. The lowest BCUT2D eigenvalue weighted by molar-refractivity contribution is -0.149. The molecule has 16 heavy (non-hydrogen) atoms. The minimum absolute atomic E-state index is 0.143. The first-order valence-corrected chi connectivity index (χ1v) is 13.0. The smallest absolute Gasteiger partial charge is 0.332 e. The van der Waals surface area contributed by atoms with Gasteiger partial charge in [0.2, 0.25) is 0 Å². The molecular formula is C11H26O3Si2. The zero-order chi connectivity index (χ0) is 13.3. The Labute approximate surface area is 101 Å². The van der Waals surface area contributed by atoms with Crippen molar-refractivity contribution in [3.8, 4) is 0 Å². The third-order valence-corrected chi connectivity index (χ3v) is 13.1. The van der Waals surface area contributed by atoms with E-state index in [1.807, 2.05) is 6.92 Å². The van der Waals surface area contributed by atoms with Crippen molar-refractivity contribution in [2.45, 2.75) is 57.5 Å². The Hall–Kier alpha value is -0.136. The van der Waals surface area contributed by atoms with Crippen molar-refractivity contribution in [3.05, 3.63) is 0 Å². The van der Waals surface area contributed by atoms with Crippen molar-refractivity contribution < 1.29 is 15.0 Å². The number of hydrogen-bond acceptors (Lipinski definition) is 2. The molecule has 0 rings (SSSR count). The summed E-state index contributed by atoms with van der Waals surface area (Å²) in [6, 6.07) is 0. The van der Waals surface area contributed by atoms with E-state index >= 15 is 0 Å². The second-order valence-electron chi connectivity index (χ2n) is 6.85. The van der Waals surface area contributed by atoms with E-state index in [-0.39, 0.29) is 5.92 Å². The highest BCUT2D eigenvalue weighted by Crippen LogP contribution is 2.40. The van der Waals surface area contributed by atoms with Crippen LogP contribution in [-0.4, -0.2) is 38.4 Å². The number of rotatable bonds is 5. The highest BCUT2D eigenvalue weighted by molar-refractivity contribution is 6.96. The van der Waals surface area contributed by atoms with Gasteiger partial charge in [-0.25, -0.2) is 4.79 Å². The van der Waals surface area contributed by atoms with Gasteiger partial charge in [-0.2, -0.15) is 0 Å². The van der Waals surface area contributed by atoms with Gasteiger partial charge in [0.15, 0.2) is 6.10 Å². The predicted octanol–water partition coefficient (Wildman–Crippen LogP) is 2.65. The summed E-state index contributed by atoms with van der Waals surface area (Å²) < 4.78 is 0. The van der Waals surface area contributed by atoms with Crippen LogP contribution in [0.5, 0.6) is 0 Å². The molecule has 0 heterocycles. The largest absolute Gasteiger partial charge is 0.479 e. The highest BCUT2D eigenvalue weighted by atomic mass is 28.4. The molecule has 0 aliphatic heterocycles. The predicted molar refractivity (Wildman–Crippen MR) is 73.2 cm³/mol. The number of aliphatic carboxylic acids is 1. The van der Waals surface area contributed by atoms with Gasteiger partial charge in [0.1, 0.15) is 0 Å². The minimum atomic E-state index is -1.46. The Balaban J connectivity index is 5.15. The fraction of sp³-hybridized carbons (Fsp3) is 0.909. The fourth-order valence-electron chi connectivity index (χ4n) is 3.28. The van der Waals surface area contributed by atoms with E-state index < -0.39 is 28.2 Å². The summed E-state index contributed by atoms with van der Waals surface area (Å²) in [5.41, 5.74) is 0. The molecule has 0 bridgehead atoms. The van der Waals surface area contributed by atoms with Crippen LogP contribution < -0.4 is 0 Å². The molecular weight excluding hydrogens is 236 g/mol. The molecule has 0 aromatic rings. The van der Waals surface area contributed by atoms with Crippen LogP contribution in [0.3, 0.4) is 0 Å². The van der Waals surface area contributed by atoms with Crippen LogP contribution in [0.15, 0.2) is 0 Å². The molecule has 96 valence electrons. The number of carboxylic acid groups (broad SMARTS) is 1. The molecule has 0 spiro atoms. The zero-order valence-corrected chi connectivity index (χ0v) is 13.5. The van der Waals surface area contributed by atoms with Gasteiger partial charge >= 0.3 is 5.97 Å². The highest BCUT2D eigenvalue weighted by Gasteiger charge is 2.44. The van der Waals surface area contributed by atoms with Crippen LogP contribution >= 0.6 is 0 Å². The van der Waals surface area contributed by atoms with Gasteiger partial charge < -0.3 is 10.2 Å². The quantitative estimate of drug-likeness (QED) is 0.749. The van der Waals surface area contributed by atoms with Gasteiger partial charge in [-0.15, -0.1) is 0 Å². The Morgan fingerprint density at radius 3 is 1.50 bits per heavy atom. The van der Waals surface area contributed by atoms with E-state index in [0.717, 1.165) is 0 Å². The number of hydrogen-bond donors (Lipinski definition) is 2. The maximum absolute atomic E-state index is 10.9. The molecule has 2 atom stereocenters. The van der Waals surface area contributed by atoms with Crippen LogP contribution in [0, 0.1) is 5.92 Å². The third-order valence-electron chi connectivity index (χ3n) is 3.14. The van der Waals surface area contributed by atoms with Crippen molar-refractivity contribution in [3.63, 3.8) is 0 Å². The molecule has 0 aromatic heterocycles. The number of carbonyl (C=O) groups is 1. The van der Waals surface area contributed by atoms with Crippen molar-refractivity contribution in [2.24, 2.45) is 5.92 Å². The lowest BCUT2D eigenvalue weighted by Gasteiger charge is -2.43. The summed E-state index contributed by atoms with van der Waals surface area (Å²) in [7, 11) is -2.91. The summed E-state index contributed by atoms with van der Waals surface area (Å²) in [5.74, 6) is -1.23. The molecule has 3 nitrogen and oxygen atoms in total. The minimum Gasteiger partial charge on any atom is -0.479 e. The maximum Gasteiger partial charge on any atom is 0.332 e. The first kappa shape index (κ1) is 15.9. The van der Waals surface area contributed by atoms with Gasteiger partial charge in [0.05, 0.1) is 0 Å². The van der Waals surface area contributed by atoms with Gasteiger partial charge in [-0.3, -0.25) is 0 Å². The van der Waals surface area contributed by atoms with Crippen LogP contribution in [0.25, 0.3) is 0 Å². The molecule has 0 saturated heterocycles. The van der Waals surface area contributed by atoms with Crippen LogP contribution in [0.2, 0.25) is 44.4 Å². The van der Waals surface area contributed by atoms with Gasteiger partial charge in [-0.1, -0.05) is 46.2 Å². The Morgan fingerprint density at radius 2 is 1.31 bits per heavy atom. The SMILES string of the molecule is CC(C(O)C(=O)O)C([Si](C)(C)C)[Si](C)(C)C. The van der Waals surface area contributed by atoms with E-state index in [1.165, 1.54) is 0 Å². The summed E-state index contributed by atoms with van der Waals surface area (Å²) in [6.45, 7) is 15.5. The number of carboxylic acids is 1. The molecule has 0 saturated carbocycles. The van der Waals surface area contributed by atoms with E-state index in [0.29, 0.717) is 5.16 Å². The summed E-state index contributed by atoms with van der Waals surface area (Å²) in [4.78, 5) is 10.9. The lowest BCUT2D eigenvalue weighted by atomic mass is 10.1. The third kappa shape index (κ3) is 4.03. The standard InChI is InChI=1S/C11H26O3Si2/c1-8(9(12)10(13)14)11(15(2,3)4)16(5,6)7/h8-9,11-12H,1-7H3,(H,13,14). The fourth-order valence-corrected chi connectivity index (χ4v) is 17.2. The average Bonchev–Trinajstić information content (AvgIpc) is 1.96. The van der Waals surface area contributed by atoms with E-state index in [1.54, 1.807) is 0 Å². The average molecular weight is 262 g/mol. The molecule has 0 radical (unpaired) electrons. The Bertz CT molecular complexity index is 239. The van der Waals surface area contributed by atoms with E-state index in [4.69, 9.17) is 5.11 Å². The molecule has 5 heteroatoms. The Kier molecular flexibility index (Phi) is 4.97. The summed E-state index contributed by atoms with van der Waals surface area (Å²) in [6.07, 6.45) is -1.22. The van der Waals surface area contributed by atoms with Crippen molar-refractivity contribution >= 4 is 22.1 Å². The molecule has 2 N–H and O–H groups in total. The molecule has 2 unspecified atom stereocenters. The second kappa shape index (κ2) is 5.02. The van der Waals surface area contributed by atoms with Crippen molar-refractivity contribution in [1.82, 2.24) is 0 Å². The van der Waals surface area contributed by atoms with Gasteiger partial charge in [0.25, 0.3) is 0 Å². The molecule has 0 fully saturated rings. The maximum atomic E-state index is 10.9. The number of aliphatic hydroxyl groups excluding tert-OH is 1. The van der Waals surface area contributed by atoms with Crippen LogP contribution in [0.4, 0.5) is 0 Å². The molecule has 0 aliphatic rings. The number of aliphatic hydroxyl groups is 1. The topological polar surface area (TPSA) is 57.5 Å². The molecule has 0 amide bonds. The van der Waals surface area contributed by atoms with Crippen LogP contribution in [0.1, 0.15) is 6.92 Å². The van der Waals surface area contributed by atoms with Gasteiger partial charge in [-0.05, 0) is 11.1 Å². The van der Waals surface area contributed by atoms with Crippen molar-refractivity contribution in [1.29, 1.82) is 0 Å². The molecule has 0 aliphatic carbocycles. The lowest BCUT2D eigenvalue weighted by Crippen LogP contribution is -2.50. The first-order chi connectivity index (χ1) is 6.89. The summed E-state index contributed by atoms with van der Waals surface area (Å²) >= 11 is 0.